The summed E-state index contributed by atoms with van der Waals surface area (Å²) in [6.45, 7) is 1.51. The summed E-state index contributed by atoms with van der Waals surface area (Å²) in [5.41, 5.74) is 1.51. The van der Waals surface area contributed by atoms with E-state index in [0.717, 1.165) is 0 Å². The van der Waals surface area contributed by atoms with Crippen LogP contribution < -0.4 is 19.7 Å². The zero-order chi connectivity index (χ0) is 22.5. The summed E-state index contributed by atoms with van der Waals surface area (Å²) in [5.74, 6) is 1.04. The molecule has 0 fully saturated rings. The highest BCUT2D eigenvalue weighted by molar-refractivity contribution is 6.02. The third-order valence-electron chi connectivity index (χ3n) is 5.00. The fourth-order valence-corrected chi connectivity index (χ4v) is 3.37. The van der Waals surface area contributed by atoms with Crippen molar-refractivity contribution in [2.45, 2.75) is 13.3 Å². The molecule has 1 N–H and O–H groups in total. The van der Waals surface area contributed by atoms with E-state index in [1.54, 1.807) is 36.4 Å². The average Bonchev–Trinajstić information content (AvgIpc) is 2.80. The maximum atomic E-state index is 12.7. The van der Waals surface area contributed by atoms with Crippen LogP contribution in [0, 0.1) is 0 Å². The van der Waals surface area contributed by atoms with E-state index in [-0.39, 0.29) is 37.2 Å². The van der Waals surface area contributed by atoms with E-state index in [9.17, 15) is 14.4 Å². The number of benzene rings is 3. The molecule has 0 atom stereocenters. The Hall–Kier alpha value is -4.13. The van der Waals surface area contributed by atoms with Crippen molar-refractivity contribution in [1.29, 1.82) is 0 Å². The number of hydrogen-bond donors (Lipinski definition) is 1. The van der Waals surface area contributed by atoms with Crippen molar-refractivity contribution in [3.05, 3.63) is 78.4 Å². The minimum Gasteiger partial charge on any atom is -0.482 e. The first-order valence-electron chi connectivity index (χ1n) is 10.2. The van der Waals surface area contributed by atoms with Gasteiger partial charge in [0.25, 0.3) is 5.91 Å². The Balaban J connectivity index is 1.45. The van der Waals surface area contributed by atoms with Gasteiger partial charge in [0.2, 0.25) is 5.91 Å². The van der Waals surface area contributed by atoms with E-state index in [1.807, 2.05) is 36.4 Å². The number of nitrogens with zero attached hydrogens (tertiary/aromatic N) is 1. The Morgan fingerprint density at radius 3 is 2.56 bits per heavy atom. The molecule has 0 bridgehead atoms. The Kier molecular flexibility index (Phi) is 6.17. The van der Waals surface area contributed by atoms with E-state index >= 15 is 0 Å². The van der Waals surface area contributed by atoms with Crippen molar-refractivity contribution in [3.63, 3.8) is 0 Å². The van der Waals surface area contributed by atoms with Crippen LogP contribution >= 0.6 is 0 Å². The molecule has 0 aromatic heterocycles. The second kappa shape index (κ2) is 9.34. The molecule has 0 saturated carbocycles. The maximum Gasteiger partial charge on any atom is 0.265 e. The lowest BCUT2D eigenvalue weighted by molar-refractivity contribution is -0.121. The van der Waals surface area contributed by atoms with Crippen LogP contribution in [0.15, 0.2) is 72.8 Å². The Labute approximate surface area is 185 Å². The molecule has 3 aromatic carbocycles. The molecule has 0 saturated heterocycles. The fraction of sp³-hybridized carbons (Fsp3) is 0.160. The molecule has 0 unspecified atom stereocenters. The minimum atomic E-state index is -0.266. The highest BCUT2D eigenvalue weighted by Crippen LogP contribution is 2.33. The molecule has 3 aromatic rings. The molecule has 0 spiro atoms. The smallest absolute Gasteiger partial charge is 0.265 e. The third kappa shape index (κ3) is 4.78. The van der Waals surface area contributed by atoms with Crippen LogP contribution in [0.25, 0.3) is 0 Å². The van der Waals surface area contributed by atoms with Gasteiger partial charge < -0.3 is 19.7 Å². The molecular formula is C25H22N2O5. The van der Waals surface area contributed by atoms with Gasteiger partial charge in [0.15, 0.2) is 18.1 Å². The van der Waals surface area contributed by atoms with Gasteiger partial charge in [-0.05, 0) is 49.4 Å². The summed E-state index contributed by atoms with van der Waals surface area (Å²) >= 11 is 0. The molecular weight excluding hydrogens is 408 g/mol. The zero-order valence-electron chi connectivity index (χ0n) is 17.5. The van der Waals surface area contributed by atoms with Crippen molar-refractivity contribution in [2.24, 2.45) is 0 Å². The number of rotatable bonds is 7. The van der Waals surface area contributed by atoms with Crippen LogP contribution in [-0.2, 0) is 9.59 Å². The summed E-state index contributed by atoms with van der Waals surface area (Å²) in [7, 11) is 0. The molecule has 0 aliphatic carbocycles. The number of Topliss-reactive ketones (excluding diaryl/α,β-unsaturated/α-hetero) is 1. The Bertz CT molecular complexity index is 1160. The second-order valence-electron chi connectivity index (χ2n) is 7.28. The first kappa shape index (κ1) is 21.1. The molecule has 7 nitrogen and oxygen atoms in total. The number of para-hydroxylation sites is 3. The lowest BCUT2D eigenvalue weighted by atomic mass is 10.1. The average molecular weight is 430 g/mol. The highest BCUT2D eigenvalue weighted by Gasteiger charge is 2.26. The molecule has 7 heteroatoms. The van der Waals surface area contributed by atoms with Crippen molar-refractivity contribution < 1.29 is 23.9 Å². The molecule has 0 radical (unpaired) electrons. The number of nitrogens with one attached hydrogen (secondary N) is 1. The topological polar surface area (TPSA) is 84.9 Å². The quantitative estimate of drug-likeness (QED) is 0.561. The van der Waals surface area contributed by atoms with E-state index < -0.39 is 0 Å². The van der Waals surface area contributed by atoms with Crippen LogP contribution in [-0.4, -0.2) is 30.7 Å². The number of carbonyl (C=O) groups excluding carboxylic acids is 3. The number of fused-ring (bicyclic) bond motifs is 1. The van der Waals surface area contributed by atoms with Gasteiger partial charge in [0, 0.05) is 18.5 Å². The van der Waals surface area contributed by atoms with Crippen LogP contribution in [0.1, 0.15) is 23.7 Å². The van der Waals surface area contributed by atoms with Gasteiger partial charge in [0.1, 0.15) is 11.5 Å². The molecule has 162 valence electrons. The number of amides is 2. The third-order valence-corrected chi connectivity index (χ3v) is 5.00. The maximum absolute atomic E-state index is 12.7. The van der Waals surface area contributed by atoms with Gasteiger partial charge in [0.05, 0.1) is 11.4 Å². The van der Waals surface area contributed by atoms with Gasteiger partial charge >= 0.3 is 0 Å². The lowest BCUT2D eigenvalue weighted by Crippen LogP contribution is -2.40. The summed E-state index contributed by atoms with van der Waals surface area (Å²) in [6, 6.07) is 21.4. The standard InChI is InChI=1S/C25H22N2O5/c1-17(28)18-11-12-23-21(15-18)27(25(30)16-31-23)14-13-24(29)26-20-9-5-6-10-22(20)32-19-7-3-2-4-8-19/h2-12,15H,13-14,16H2,1H3,(H,26,29). The minimum absolute atomic E-state index is 0.0646. The number of ketones is 1. The first-order chi connectivity index (χ1) is 15.5. The fourth-order valence-electron chi connectivity index (χ4n) is 3.37. The van der Waals surface area contributed by atoms with Gasteiger partial charge in [-0.25, -0.2) is 0 Å². The van der Waals surface area contributed by atoms with E-state index in [4.69, 9.17) is 9.47 Å². The number of hydrogen-bond acceptors (Lipinski definition) is 5. The van der Waals surface area contributed by atoms with Crippen molar-refractivity contribution in [3.8, 4) is 17.2 Å². The van der Waals surface area contributed by atoms with Crippen molar-refractivity contribution >= 4 is 29.0 Å². The predicted octanol–water partition coefficient (Wildman–Crippen LogP) is 4.44. The van der Waals surface area contributed by atoms with Crippen LogP contribution in [0.5, 0.6) is 17.2 Å². The molecule has 1 aliphatic rings. The van der Waals surface area contributed by atoms with Gasteiger partial charge in [-0.3, -0.25) is 14.4 Å². The van der Waals surface area contributed by atoms with E-state index in [0.29, 0.717) is 34.2 Å². The van der Waals surface area contributed by atoms with E-state index in [2.05, 4.69) is 5.32 Å². The Morgan fingerprint density at radius 2 is 1.78 bits per heavy atom. The van der Waals surface area contributed by atoms with Crippen LogP contribution in [0.2, 0.25) is 0 Å². The predicted molar refractivity (Wildman–Crippen MR) is 120 cm³/mol. The monoisotopic (exact) mass is 430 g/mol. The SMILES string of the molecule is CC(=O)c1ccc2c(c1)N(CCC(=O)Nc1ccccc1Oc1ccccc1)C(=O)CO2. The summed E-state index contributed by atoms with van der Waals surface area (Å²) in [6.07, 6.45) is 0.0646. The number of anilines is 2. The molecule has 32 heavy (non-hydrogen) atoms. The Morgan fingerprint density at radius 1 is 1.03 bits per heavy atom. The first-order valence-corrected chi connectivity index (χ1v) is 10.2. The van der Waals surface area contributed by atoms with Gasteiger partial charge in [-0.2, -0.15) is 0 Å². The van der Waals surface area contributed by atoms with Gasteiger partial charge in [-0.15, -0.1) is 0 Å². The van der Waals surface area contributed by atoms with Crippen molar-refractivity contribution in [2.75, 3.05) is 23.4 Å². The molecule has 1 aliphatic heterocycles. The lowest BCUT2D eigenvalue weighted by Gasteiger charge is -2.29. The van der Waals surface area contributed by atoms with Crippen molar-refractivity contribution in [1.82, 2.24) is 0 Å². The molecule has 4 rings (SSSR count). The second-order valence-corrected chi connectivity index (χ2v) is 7.28. The van der Waals surface area contributed by atoms with E-state index in [1.165, 1.54) is 11.8 Å². The zero-order valence-corrected chi connectivity index (χ0v) is 17.5. The highest BCUT2D eigenvalue weighted by atomic mass is 16.5. The van der Waals surface area contributed by atoms with Gasteiger partial charge in [-0.1, -0.05) is 30.3 Å². The number of carbonyl (C=O) groups is 3. The summed E-state index contributed by atoms with van der Waals surface area (Å²) < 4.78 is 11.3. The number of ether oxygens (including phenoxy) is 2. The summed E-state index contributed by atoms with van der Waals surface area (Å²) in [4.78, 5) is 38.3. The van der Waals surface area contributed by atoms with Crippen LogP contribution in [0.3, 0.4) is 0 Å². The molecule has 1 heterocycles. The molecule has 2 amide bonds. The summed E-state index contributed by atoms with van der Waals surface area (Å²) in [5, 5.41) is 2.85. The van der Waals surface area contributed by atoms with Crippen LogP contribution in [0.4, 0.5) is 11.4 Å². The normalized spacial score (nSPS) is 12.5. The largest absolute Gasteiger partial charge is 0.482 e.